The first-order chi connectivity index (χ1) is 27.1. The van der Waals surface area contributed by atoms with Gasteiger partial charge in [-0.05, 0) is 74.5 Å². The predicted molar refractivity (Wildman–Crippen MR) is 212 cm³/mol. The summed E-state index contributed by atoms with van der Waals surface area (Å²) >= 11 is 0. The van der Waals surface area contributed by atoms with E-state index >= 15 is 0 Å². The van der Waals surface area contributed by atoms with E-state index in [1.807, 2.05) is 17.3 Å². The molecule has 3 fully saturated rings. The highest BCUT2D eigenvalue weighted by molar-refractivity contribution is 6.25. The number of hydrogen-bond acceptors (Lipinski definition) is 10. The summed E-state index contributed by atoms with van der Waals surface area (Å²) < 4.78 is 17.0. The highest BCUT2D eigenvalue weighted by atomic mass is 19.1. The fourth-order valence-electron chi connectivity index (χ4n) is 8.88. The van der Waals surface area contributed by atoms with Crippen LogP contribution in [0.4, 0.5) is 21.6 Å². The van der Waals surface area contributed by atoms with Crippen LogP contribution in [0.15, 0.2) is 67.1 Å². The van der Waals surface area contributed by atoms with E-state index in [1.165, 1.54) is 6.07 Å². The fraction of sp³-hybridized carbons (Fsp3) is 0.381. The van der Waals surface area contributed by atoms with Crippen LogP contribution in [-0.4, -0.2) is 114 Å². The Labute approximate surface area is 323 Å². The van der Waals surface area contributed by atoms with Gasteiger partial charge in [-0.15, -0.1) is 0 Å². The van der Waals surface area contributed by atoms with Gasteiger partial charge in [0.05, 0.1) is 28.5 Å². The van der Waals surface area contributed by atoms with Gasteiger partial charge in [0.1, 0.15) is 23.5 Å². The van der Waals surface area contributed by atoms with E-state index in [4.69, 9.17) is 9.97 Å². The third-order valence-electron chi connectivity index (χ3n) is 12.0. The maximum atomic E-state index is 14.9. The summed E-state index contributed by atoms with van der Waals surface area (Å²) in [7, 11) is 4.11. The fourth-order valence-corrected chi connectivity index (χ4v) is 8.88. The van der Waals surface area contributed by atoms with Gasteiger partial charge in [-0.2, -0.15) is 0 Å². The first-order valence-electron chi connectivity index (χ1n) is 19.4. The van der Waals surface area contributed by atoms with Crippen LogP contribution >= 0.6 is 0 Å². The SMILES string of the molecule is CN(C)c1cccc2cnc(-n3ccc4cc(N5CCC(CCN6CCN(c7cc(F)cc8c7C(=O)N(C7CCC(=O)NC7=O)C8=O)CC6)CC5)ncc43)cc12. The van der Waals surface area contributed by atoms with Crippen molar-refractivity contribution in [2.45, 2.75) is 38.1 Å². The van der Waals surface area contributed by atoms with E-state index in [9.17, 15) is 23.6 Å². The highest BCUT2D eigenvalue weighted by Gasteiger charge is 2.46. The molecule has 1 atom stereocenters. The van der Waals surface area contributed by atoms with Crippen molar-refractivity contribution in [3.05, 3.63) is 84.1 Å². The van der Waals surface area contributed by atoms with Crippen LogP contribution in [0.25, 0.3) is 27.5 Å². The summed E-state index contributed by atoms with van der Waals surface area (Å²) in [4.78, 5) is 70.6. The van der Waals surface area contributed by atoms with E-state index in [-0.39, 0.29) is 24.0 Å². The smallest absolute Gasteiger partial charge is 0.264 e. The summed E-state index contributed by atoms with van der Waals surface area (Å²) in [5.74, 6) is -0.584. The number of benzene rings is 2. The van der Waals surface area contributed by atoms with E-state index in [1.54, 1.807) is 0 Å². The van der Waals surface area contributed by atoms with Crippen LogP contribution in [0, 0.1) is 11.7 Å². The second-order valence-corrected chi connectivity index (χ2v) is 15.6. The van der Waals surface area contributed by atoms with Crippen molar-refractivity contribution in [1.82, 2.24) is 29.7 Å². The summed E-state index contributed by atoms with van der Waals surface area (Å²) in [6, 6.07) is 14.0. The Morgan fingerprint density at radius 2 is 1.61 bits per heavy atom. The minimum absolute atomic E-state index is 0.0271. The molecular weight excluding hydrogens is 714 g/mol. The van der Waals surface area contributed by atoms with Gasteiger partial charge in [0.15, 0.2) is 0 Å². The Morgan fingerprint density at radius 1 is 0.821 bits per heavy atom. The average Bonchev–Trinajstić information content (AvgIpc) is 3.74. The number of imide groups is 2. The number of halogens is 1. The lowest BCUT2D eigenvalue weighted by molar-refractivity contribution is -0.136. The van der Waals surface area contributed by atoms with E-state index < -0.39 is 35.5 Å². The molecule has 3 saturated heterocycles. The summed E-state index contributed by atoms with van der Waals surface area (Å²) in [5, 5.41) is 5.60. The molecule has 0 aliphatic carbocycles. The zero-order chi connectivity index (χ0) is 38.7. The van der Waals surface area contributed by atoms with Crippen LogP contribution < -0.4 is 20.0 Å². The van der Waals surface area contributed by atoms with Crippen molar-refractivity contribution < 1.29 is 23.6 Å². The first kappa shape index (κ1) is 35.8. The standard InChI is InChI=1S/C42H44FN9O4/c1-47(2)32-5-3-4-28-24-44-37(23-30(28)32)51-15-11-27-20-36(45-25-35(27)51)50-13-9-26(10-14-50)8-12-48-16-18-49(19-17-48)34-22-29(43)21-31-39(34)42(56)52(41(31)55)33-6-7-38(53)46-40(33)54/h3-5,11,15,20-26,33H,6-10,12-14,16-19H2,1-2H3,(H,46,53,54). The third kappa shape index (κ3) is 6.41. The van der Waals surface area contributed by atoms with Crippen LogP contribution in [0.2, 0.25) is 0 Å². The molecule has 56 heavy (non-hydrogen) atoms. The highest BCUT2D eigenvalue weighted by Crippen LogP contribution is 2.36. The van der Waals surface area contributed by atoms with Gasteiger partial charge in [0, 0.05) is 94.0 Å². The number of carbonyl (C=O) groups excluding carboxylic acids is 4. The Kier molecular flexibility index (Phi) is 9.15. The minimum atomic E-state index is -1.09. The number of aromatic nitrogens is 3. The van der Waals surface area contributed by atoms with E-state index in [0.717, 1.165) is 102 Å². The zero-order valence-corrected chi connectivity index (χ0v) is 31.6. The van der Waals surface area contributed by atoms with Gasteiger partial charge >= 0.3 is 0 Å². The predicted octanol–water partition coefficient (Wildman–Crippen LogP) is 4.61. The lowest BCUT2D eigenvalue weighted by atomic mass is 9.93. The van der Waals surface area contributed by atoms with Gasteiger partial charge in [-0.25, -0.2) is 14.4 Å². The molecule has 1 N–H and O–H groups in total. The number of piperazine rings is 1. The second kappa shape index (κ2) is 14.3. The topological polar surface area (TPSA) is 127 Å². The molecule has 0 saturated carbocycles. The largest absolute Gasteiger partial charge is 0.377 e. The number of rotatable bonds is 8. The number of nitrogens with one attached hydrogen (secondary N) is 1. The van der Waals surface area contributed by atoms with E-state index in [0.29, 0.717) is 24.7 Å². The molecule has 5 aromatic rings. The number of pyridine rings is 2. The van der Waals surface area contributed by atoms with Crippen LogP contribution in [0.3, 0.4) is 0 Å². The van der Waals surface area contributed by atoms with Crippen LogP contribution in [0.1, 0.15) is 52.8 Å². The van der Waals surface area contributed by atoms with Crippen molar-refractivity contribution in [1.29, 1.82) is 0 Å². The molecule has 288 valence electrons. The van der Waals surface area contributed by atoms with Crippen molar-refractivity contribution in [2.24, 2.45) is 5.92 Å². The molecular formula is C42H44FN9O4. The third-order valence-corrected chi connectivity index (χ3v) is 12.0. The molecule has 7 heterocycles. The average molecular weight is 758 g/mol. The van der Waals surface area contributed by atoms with Gasteiger partial charge in [-0.1, -0.05) is 12.1 Å². The van der Waals surface area contributed by atoms with Crippen molar-refractivity contribution in [2.75, 3.05) is 74.6 Å². The number of nitrogens with zero attached hydrogens (tertiary/aromatic N) is 8. The van der Waals surface area contributed by atoms with Gasteiger partial charge in [0.2, 0.25) is 11.8 Å². The molecule has 2 aromatic carbocycles. The molecule has 0 radical (unpaired) electrons. The Hall–Kier alpha value is -5.89. The maximum Gasteiger partial charge on any atom is 0.264 e. The number of anilines is 3. The molecule has 4 amide bonds. The van der Waals surface area contributed by atoms with Gasteiger partial charge < -0.3 is 14.7 Å². The van der Waals surface area contributed by atoms with E-state index in [2.05, 4.69) is 81.3 Å². The van der Waals surface area contributed by atoms with Gasteiger partial charge in [-0.3, -0.25) is 38.9 Å². The lowest BCUT2D eigenvalue weighted by Crippen LogP contribution is -2.54. The maximum absolute atomic E-state index is 14.9. The quantitative estimate of drug-likeness (QED) is 0.225. The van der Waals surface area contributed by atoms with Crippen LogP contribution in [-0.2, 0) is 9.59 Å². The lowest BCUT2D eigenvalue weighted by Gasteiger charge is -2.38. The van der Waals surface area contributed by atoms with Crippen molar-refractivity contribution in [3.8, 4) is 5.82 Å². The molecule has 4 aliphatic heterocycles. The summed E-state index contributed by atoms with van der Waals surface area (Å²) in [5.41, 5.74) is 2.66. The zero-order valence-electron chi connectivity index (χ0n) is 31.6. The monoisotopic (exact) mass is 757 g/mol. The summed E-state index contributed by atoms with van der Waals surface area (Å²) in [6.45, 7) is 5.51. The molecule has 4 aliphatic rings. The first-order valence-corrected chi connectivity index (χ1v) is 19.4. The second-order valence-electron chi connectivity index (χ2n) is 15.6. The van der Waals surface area contributed by atoms with Gasteiger partial charge in [0.25, 0.3) is 11.8 Å². The molecule has 9 rings (SSSR count). The number of carbonyl (C=O) groups is 4. The Balaban J connectivity index is 0.791. The molecule has 13 nitrogen and oxygen atoms in total. The number of fused-ring (bicyclic) bond motifs is 3. The Bertz CT molecular complexity index is 2400. The minimum Gasteiger partial charge on any atom is -0.377 e. The van der Waals surface area contributed by atoms with Crippen LogP contribution in [0.5, 0.6) is 0 Å². The number of piperidine rings is 2. The van der Waals surface area contributed by atoms with Crippen molar-refractivity contribution in [3.63, 3.8) is 0 Å². The Morgan fingerprint density at radius 3 is 2.38 bits per heavy atom. The molecule has 0 bridgehead atoms. The number of amides is 4. The molecule has 14 heteroatoms. The molecule has 1 unspecified atom stereocenters. The van der Waals surface area contributed by atoms with Crippen molar-refractivity contribution >= 4 is 62.5 Å². The number of hydrogen-bond donors (Lipinski definition) is 1. The molecule has 3 aromatic heterocycles. The summed E-state index contributed by atoms with van der Waals surface area (Å²) in [6.07, 6.45) is 9.30. The normalized spacial score (nSPS) is 19.7. The molecule has 0 spiro atoms.